The van der Waals surface area contributed by atoms with E-state index in [0.717, 1.165) is 10.0 Å². The fourth-order valence-corrected chi connectivity index (χ4v) is 1.99. The summed E-state index contributed by atoms with van der Waals surface area (Å²) < 4.78 is 1.10. The third kappa shape index (κ3) is 2.66. The van der Waals surface area contributed by atoms with Crippen molar-refractivity contribution in [3.8, 4) is 11.1 Å². The zero-order valence-electron chi connectivity index (χ0n) is 8.95. The highest BCUT2D eigenvalue weighted by molar-refractivity contribution is 9.10. The van der Waals surface area contributed by atoms with E-state index >= 15 is 0 Å². The van der Waals surface area contributed by atoms with Gasteiger partial charge < -0.3 is 0 Å². The van der Waals surface area contributed by atoms with Crippen molar-refractivity contribution in [2.45, 2.75) is 12.3 Å². The van der Waals surface area contributed by atoms with E-state index in [9.17, 15) is 0 Å². The maximum Gasteiger partial charge on any atom is 0.0557 e. The zero-order valence-corrected chi connectivity index (χ0v) is 11.3. The summed E-state index contributed by atoms with van der Waals surface area (Å²) in [4.78, 5) is 0. The first-order valence-corrected chi connectivity index (χ1v) is 6.40. The zero-order chi connectivity index (χ0) is 11.5. The van der Waals surface area contributed by atoms with Gasteiger partial charge in [0, 0.05) is 4.47 Å². The predicted molar refractivity (Wildman–Crippen MR) is 73.8 cm³/mol. The molecule has 0 aromatic heterocycles. The van der Waals surface area contributed by atoms with Crippen molar-refractivity contribution in [2.24, 2.45) is 0 Å². The minimum absolute atomic E-state index is 0.0685. The first kappa shape index (κ1) is 11.7. The summed E-state index contributed by atoms with van der Waals surface area (Å²) in [6.45, 7) is 1.98. The highest BCUT2D eigenvalue weighted by Crippen LogP contribution is 2.25. The molecule has 0 radical (unpaired) electrons. The smallest absolute Gasteiger partial charge is 0.0557 e. The summed E-state index contributed by atoms with van der Waals surface area (Å²) in [6, 6.07) is 16.7. The van der Waals surface area contributed by atoms with Crippen molar-refractivity contribution in [3.63, 3.8) is 0 Å². The topological polar surface area (TPSA) is 0 Å². The van der Waals surface area contributed by atoms with Gasteiger partial charge in [0.25, 0.3) is 0 Å². The van der Waals surface area contributed by atoms with E-state index in [-0.39, 0.29) is 5.38 Å². The highest BCUT2D eigenvalue weighted by atomic mass is 79.9. The highest BCUT2D eigenvalue weighted by Gasteiger charge is 2.01. The maximum absolute atomic E-state index is 6.02. The Morgan fingerprint density at radius 1 is 0.875 bits per heavy atom. The van der Waals surface area contributed by atoms with Crippen LogP contribution in [0.15, 0.2) is 53.0 Å². The average molecular weight is 296 g/mol. The molecule has 0 nitrogen and oxygen atoms in total. The van der Waals surface area contributed by atoms with Crippen molar-refractivity contribution in [1.82, 2.24) is 0 Å². The average Bonchev–Trinajstić information content (AvgIpc) is 2.30. The summed E-state index contributed by atoms with van der Waals surface area (Å²) in [5.74, 6) is 0. The molecule has 0 aliphatic carbocycles. The SMILES string of the molecule is CC(Cl)c1ccc(-c2ccc(Br)cc2)cc1. The van der Waals surface area contributed by atoms with Crippen LogP contribution in [0.3, 0.4) is 0 Å². The summed E-state index contributed by atoms with van der Waals surface area (Å²) in [6.07, 6.45) is 0. The van der Waals surface area contributed by atoms with Gasteiger partial charge in [-0.15, -0.1) is 11.6 Å². The molecule has 2 heteroatoms. The van der Waals surface area contributed by atoms with E-state index in [1.54, 1.807) is 0 Å². The molecule has 1 atom stereocenters. The quantitative estimate of drug-likeness (QED) is 0.649. The molecule has 0 amide bonds. The molecule has 16 heavy (non-hydrogen) atoms. The molecule has 0 bridgehead atoms. The Hall–Kier alpha value is -0.790. The van der Waals surface area contributed by atoms with Gasteiger partial charge in [0.05, 0.1) is 5.38 Å². The van der Waals surface area contributed by atoms with Gasteiger partial charge >= 0.3 is 0 Å². The number of benzene rings is 2. The Morgan fingerprint density at radius 2 is 1.31 bits per heavy atom. The second-order valence-electron chi connectivity index (χ2n) is 3.74. The minimum atomic E-state index is 0.0685. The van der Waals surface area contributed by atoms with Crippen LogP contribution in [0.4, 0.5) is 0 Å². The molecule has 0 aliphatic heterocycles. The second-order valence-corrected chi connectivity index (χ2v) is 5.32. The van der Waals surface area contributed by atoms with E-state index in [0.29, 0.717) is 0 Å². The Kier molecular flexibility index (Phi) is 3.67. The largest absolute Gasteiger partial charge is 0.118 e. The van der Waals surface area contributed by atoms with Gasteiger partial charge in [0.2, 0.25) is 0 Å². The molecule has 0 saturated carbocycles. The lowest BCUT2D eigenvalue weighted by Crippen LogP contribution is -1.84. The molecule has 2 rings (SSSR count). The molecule has 0 heterocycles. The van der Waals surface area contributed by atoms with Crippen molar-refractivity contribution >= 4 is 27.5 Å². The van der Waals surface area contributed by atoms with Gasteiger partial charge in [-0.1, -0.05) is 52.3 Å². The lowest BCUT2D eigenvalue weighted by molar-refractivity contribution is 1.08. The van der Waals surface area contributed by atoms with E-state index in [1.165, 1.54) is 11.1 Å². The molecule has 0 fully saturated rings. The monoisotopic (exact) mass is 294 g/mol. The normalized spacial score (nSPS) is 12.4. The van der Waals surface area contributed by atoms with E-state index < -0.39 is 0 Å². The van der Waals surface area contributed by atoms with Crippen LogP contribution in [0.2, 0.25) is 0 Å². The van der Waals surface area contributed by atoms with Crippen LogP contribution < -0.4 is 0 Å². The molecule has 2 aromatic rings. The van der Waals surface area contributed by atoms with E-state index in [4.69, 9.17) is 11.6 Å². The summed E-state index contributed by atoms with van der Waals surface area (Å²) in [5, 5.41) is 0.0685. The summed E-state index contributed by atoms with van der Waals surface area (Å²) in [5.41, 5.74) is 3.59. The van der Waals surface area contributed by atoms with Gasteiger partial charge in [0.15, 0.2) is 0 Å². The van der Waals surface area contributed by atoms with E-state index in [1.807, 2.05) is 19.1 Å². The Balaban J connectivity index is 2.31. The Bertz CT molecular complexity index is 457. The van der Waals surface area contributed by atoms with Gasteiger partial charge in [-0.3, -0.25) is 0 Å². The first-order chi connectivity index (χ1) is 7.66. The standard InChI is InChI=1S/C14H12BrCl/c1-10(16)11-2-4-12(5-3-11)13-6-8-14(15)9-7-13/h2-10H,1H3. The lowest BCUT2D eigenvalue weighted by Gasteiger charge is -2.06. The van der Waals surface area contributed by atoms with Crippen LogP contribution in [0, 0.1) is 0 Å². The third-order valence-electron chi connectivity index (χ3n) is 2.55. The Morgan fingerprint density at radius 3 is 1.75 bits per heavy atom. The van der Waals surface area contributed by atoms with Gasteiger partial charge in [-0.2, -0.15) is 0 Å². The second kappa shape index (κ2) is 5.03. The molecular weight excluding hydrogens is 284 g/mol. The molecule has 82 valence electrons. The number of hydrogen-bond acceptors (Lipinski definition) is 0. The van der Waals surface area contributed by atoms with Crippen molar-refractivity contribution < 1.29 is 0 Å². The van der Waals surface area contributed by atoms with E-state index in [2.05, 4.69) is 52.3 Å². The Labute approximate surface area is 109 Å². The summed E-state index contributed by atoms with van der Waals surface area (Å²) in [7, 11) is 0. The molecule has 0 saturated heterocycles. The number of halogens is 2. The number of rotatable bonds is 2. The van der Waals surface area contributed by atoms with Crippen LogP contribution >= 0.6 is 27.5 Å². The molecule has 0 N–H and O–H groups in total. The van der Waals surface area contributed by atoms with Crippen LogP contribution in [0.5, 0.6) is 0 Å². The van der Waals surface area contributed by atoms with Crippen molar-refractivity contribution in [1.29, 1.82) is 0 Å². The third-order valence-corrected chi connectivity index (χ3v) is 3.33. The predicted octanol–water partition coefficient (Wildman–Crippen LogP) is 5.42. The number of alkyl halides is 1. The molecular formula is C14H12BrCl. The molecule has 2 aromatic carbocycles. The van der Waals surface area contributed by atoms with Crippen molar-refractivity contribution in [3.05, 3.63) is 58.6 Å². The fourth-order valence-electron chi connectivity index (χ4n) is 1.58. The van der Waals surface area contributed by atoms with Crippen LogP contribution in [0.25, 0.3) is 11.1 Å². The maximum atomic E-state index is 6.02. The van der Waals surface area contributed by atoms with Crippen molar-refractivity contribution in [2.75, 3.05) is 0 Å². The van der Waals surface area contributed by atoms with Gasteiger partial charge in [-0.05, 0) is 35.7 Å². The molecule has 0 aliphatic rings. The first-order valence-electron chi connectivity index (χ1n) is 5.17. The molecule has 0 spiro atoms. The summed E-state index contributed by atoms with van der Waals surface area (Å²) >= 11 is 9.45. The lowest BCUT2D eigenvalue weighted by atomic mass is 10.0. The fraction of sp³-hybridized carbons (Fsp3) is 0.143. The van der Waals surface area contributed by atoms with Crippen LogP contribution in [-0.4, -0.2) is 0 Å². The van der Waals surface area contributed by atoms with Gasteiger partial charge in [-0.25, -0.2) is 0 Å². The minimum Gasteiger partial charge on any atom is -0.118 e. The number of hydrogen-bond donors (Lipinski definition) is 0. The van der Waals surface area contributed by atoms with Gasteiger partial charge in [0.1, 0.15) is 0 Å². The molecule has 1 unspecified atom stereocenters. The van der Waals surface area contributed by atoms with Crippen LogP contribution in [-0.2, 0) is 0 Å². The van der Waals surface area contributed by atoms with Crippen LogP contribution in [0.1, 0.15) is 17.9 Å².